The average molecular weight is 314 g/mol. The van der Waals surface area contributed by atoms with Gasteiger partial charge in [-0.15, -0.1) is 0 Å². The number of aromatic nitrogens is 1. The second-order valence-corrected chi connectivity index (χ2v) is 5.67. The molecule has 0 atom stereocenters. The molecule has 1 aromatic heterocycles. The van der Waals surface area contributed by atoms with Crippen molar-refractivity contribution in [2.45, 2.75) is 9.79 Å². The Morgan fingerprint density at radius 3 is 2.37 bits per heavy atom. The van der Waals surface area contributed by atoms with Crippen LogP contribution >= 0.6 is 35.0 Å². The number of carbonyl (C=O) groups excluding carboxylic acids is 1. The van der Waals surface area contributed by atoms with Gasteiger partial charge in [-0.3, -0.25) is 4.79 Å². The number of benzene rings is 1. The summed E-state index contributed by atoms with van der Waals surface area (Å²) in [5, 5.41) is 1.03. The van der Waals surface area contributed by atoms with E-state index in [2.05, 4.69) is 4.98 Å². The van der Waals surface area contributed by atoms with Gasteiger partial charge in [0.05, 0.1) is 5.56 Å². The van der Waals surface area contributed by atoms with Crippen molar-refractivity contribution in [3.8, 4) is 0 Å². The summed E-state index contributed by atoms with van der Waals surface area (Å²) < 4.78 is 0. The standard InChI is InChI=1S/C12H9Cl2N3OS/c13-6-1-7(14)3-8(2-6)19-10-5-17-11(15)4-9(10)12(16)18/h1-5H,(H2,15,17)(H2,16,18). The minimum Gasteiger partial charge on any atom is -0.384 e. The van der Waals surface area contributed by atoms with E-state index in [1.165, 1.54) is 24.0 Å². The average Bonchev–Trinajstić information content (AvgIpc) is 2.30. The summed E-state index contributed by atoms with van der Waals surface area (Å²) in [5.74, 6) is -0.327. The van der Waals surface area contributed by atoms with E-state index in [1.807, 2.05) is 0 Å². The Hall–Kier alpha value is -1.43. The van der Waals surface area contributed by atoms with E-state index < -0.39 is 5.91 Å². The van der Waals surface area contributed by atoms with Gasteiger partial charge in [0.2, 0.25) is 5.91 Å². The maximum absolute atomic E-state index is 11.4. The Kier molecular flexibility index (Phi) is 4.19. The molecule has 0 aliphatic heterocycles. The van der Waals surface area contributed by atoms with Gasteiger partial charge in [-0.25, -0.2) is 4.98 Å². The van der Waals surface area contributed by atoms with Crippen molar-refractivity contribution < 1.29 is 4.79 Å². The number of nitrogen functional groups attached to an aromatic ring is 1. The second-order valence-electron chi connectivity index (χ2n) is 3.68. The van der Waals surface area contributed by atoms with Crippen molar-refractivity contribution in [1.82, 2.24) is 4.98 Å². The lowest BCUT2D eigenvalue weighted by atomic mass is 10.2. The van der Waals surface area contributed by atoms with Crippen molar-refractivity contribution >= 4 is 46.7 Å². The molecular formula is C12H9Cl2N3OS. The summed E-state index contributed by atoms with van der Waals surface area (Å²) in [6, 6.07) is 6.54. The lowest BCUT2D eigenvalue weighted by Crippen LogP contribution is -2.13. The number of pyridine rings is 1. The summed E-state index contributed by atoms with van der Waals surface area (Å²) in [6.45, 7) is 0. The minimum absolute atomic E-state index is 0.238. The van der Waals surface area contributed by atoms with Crippen LogP contribution in [0.1, 0.15) is 10.4 Å². The van der Waals surface area contributed by atoms with Crippen LogP contribution in [-0.4, -0.2) is 10.9 Å². The topological polar surface area (TPSA) is 82.0 Å². The fraction of sp³-hybridized carbons (Fsp3) is 0. The van der Waals surface area contributed by atoms with Crippen LogP contribution in [0.4, 0.5) is 5.82 Å². The highest BCUT2D eigenvalue weighted by Crippen LogP contribution is 2.33. The highest BCUT2D eigenvalue weighted by atomic mass is 35.5. The van der Waals surface area contributed by atoms with E-state index in [1.54, 1.807) is 18.2 Å². The van der Waals surface area contributed by atoms with Crippen molar-refractivity contribution in [3.63, 3.8) is 0 Å². The van der Waals surface area contributed by atoms with Crippen LogP contribution in [0.2, 0.25) is 10.0 Å². The first-order valence-electron chi connectivity index (χ1n) is 5.15. The quantitative estimate of drug-likeness (QED) is 0.911. The van der Waals surface area contributed by atoms with Gasteiger partial charge in [0.15, 0.2) is 0 Å². The molecule has 0 fully saturated rings. The molecule has 4 nitrogen and oxygen atoms in total. The van der Waals surface area contributed by atoms with Gasteiger partial charge in [0.25, 0.3) is 0 Å². The molecular weight excluding hydrogens is 305 g/mol. The number of hydrogen-bond acceptors (Lipinski definition) is 4. The first-order valence-corrected chi connectivity index (χ1v) is 6.72. The predicted molar refractivity (Wildman–Crippen MR) is 77.8 cm³/mol. The predicted octanol–water partition coefficient (Wildman–Crippen LogP) is 3.22. The van der Waals surface area contributed by atoms with Gasteiger partial charge >= 0.3 is 0 Å². The second kappa shape index (κ2) is 5.69. The Bertz CT molecular complexity index is 629. The van der Waals surface area contributed by atoms with Gasteiger partial charge in [0, 0.05) is 26.0 Å². The van der Waals surface area contributed by atoms with Crippen LogP contribution in [0.15, 0.2) is 40.3 Å². The summed E-state index contributed by atoms with van der Waals surface area (Å²) in [5.41, 5.74) is 11.2. The highest BCUT2D eigenvalue weighted by molar-refractivity contribution is 7.99. The molecule has 0 saturated carbocycles. The normalized spacial score (nSPS) is 10.4. The summed E-state index contributed by atoms with van der Waals surface area (Å²) >= 11 is 13.1. The summed E-state index contributed by atoms with van der Waals surface area (Å²) in [6.07, 6.45) is 1.49. The Morgan fingerprint density at radius 1 is 1.16 bits per heavy atom. The first-order chi connectivity index (χ1) is 8.95. The minimum atomic E-state index is -0.565. The largest absolute Gasteiger partial charge is 0.384 e. The number of anilines is 1. The molecule has 19 heavy (non-hydrogen) atoms. The van der Waals surface area contributed by atoms with Gasteiger partial charge in [-0.1, -0.05) is 35.0 Å². The highest BCUT2D eigenvalue weighted by Gasteiger charge is 2.11. The van der Waals surface area contributed by atoms with E-state index in [4.69, 9.17) is 34.7 Å². The molecule has 98 valence electrons. The molecule has 0 aliphatic carbocycles. The molecule has 2 rings (SSSR count). The van der Waals surface area contributed by atoms with Crippen molar-refractivity contribution in [2.24, 2.45) is 5.73 Å². The van der Waals surface area contributed by atoms with Crippen LogP contribution in [0.3, 0.4) is 0 Å². The number of rotatable bonds is 3. The first kappa shape index (κ1) is 14.0. The van der Waals surface area contributed by atoms with E-state index in [0.717, 1.165) is 4.90 Å². The zero-order chi connectivity index (χ0) is 14.0. The smallest absolute Gasteiger partial charge is 0.250 e. The molecule has 0 spiro atoms. The Morgan fingerprint density at radius 2 is 1.79 bits per heavy atom. The lowest BCUT2D eigenvalue weighted by Gasteiger charge is -2.07. The van der Waals surface area contributed by atoms with Crippen molar-refractivity contribution in [1.29, 1.82) is 0 Å². The van der Waals surface area contributed by atoms with Gasteiger partial charge < -0.3 is 11.5 Å². The zero-order valence-corrected chi connectivity index (χ0v) is 11.9. The third kappa shape index (κ3) is 3.53. The molecule has 7 heteroatoms. The fourth-order valence-electron chi connectivity index (χ4n) is 1.45. The Balaban J connectivity index is 2.40. The van der Waals surface area contributed by atoms with Crippen molar-refractivity contribution in [3.05, 3.63) is 46.1 Å². The van der Waals surface area contributed by atoms with Crippen molar-refractivity contribution in [2.75, 3.05) is 5.73 Å². The van der Waals surface area contributed by atoms with Gasteiger partial charge in [-0.2, -0.15) is 0 Å². The summed E-state index contributed by atoms with van der Waals surface area (Å²) in [7, 11) is 0. The molecule has 0 bridgehead atoms. The van der Waals surface area contributed by atoms with E-state index in [9.17, 15) is 4.79 Å². The number of hydrogen-bond donors (Lipinski definition) is 2. The number of nitrogens with two attached hydrogens (primary N) is 2. The summed E-state index contributed by atoms with van der Waals surface area (Å²) in [4.78, 5) is 16.7. The van der Waals surface area contributed by atoms with Gasteiger partial charge in [-0.05, 0) is 24.3 Å². The molecule has 4 N–H and O–H groups in total. The van der Waals surface area contributed by atoms with Gasteiger partial charge in [0.1, 0.15) is 5.82 Å². The van der Waals surface area contributed by atoms with Crippen LogP contribution in [0.5, 0.6) is 0 Å². The third-order valence-corrected chi connectivity index (χ3v) is 3.67. The van der Waals surface area contributed by atoms with Crippen LogP contribution < -0.4 is 11.5 Å². The lowest BCUT2D eigenvalue weighted by molar-refractivity contribution is 0.0997. The molecule has 1 aromatic carbocycles. The monoisotopic (exact) mass is 313 g/mol. The number of primary amides is 1. The number of carbonyl (C=O) groups is 1. The molecule has 0 aliphatic rings. The SMILES string of the molecule is NC(=O)c1cc(N)ncc1Sc1cc(Cl)cc(Cl)c1. The number of nitrogens with zero attached hydrogens (tertiary/aromatic N) is 1. The molecule has 0 radical (unpaired) electrons. The number of halogens is 2. The maximum atomic E-state index is 11.4. The van der Waals surface area contributed by atoms with E-state index in [0.29, 0.717) is 20.5 Å². The molecule has 1 heterocycles. The molecule has 0 saturated heterocycles. The van der Waals surface area contributed by atoms with E-state index in [-0.39, 0.29) is 5.82 Å². The Labute approximate surface area is 124 Å². The van der Waals surface area contributed by atoms with Crippen LogP contribution in [-0.2, 0) is 0 Å². The zero-order valence-electron chi connectivity index (χ0n) is 9.56. The fourth-order valence-corrected chi connectivity index (χ4v) is 3.10. The van der Waals surface area contributed by atoms with Crippen LogP contribution in [0, 0.1) is 0 Å². The molecule has 2 aromatic rings. The molecule has 1 amide bonds. The maximum Gasteiger partial charge on any atom is 0.250 e. The van der Waals surface area contributed by atoms with E-state index >= 15 is 0 Å². The molecule has 0 unspecified atom stereocenters. The van der Waals surface area contributed by atoms with Crippen LogP contribution in [0.25, 0.3) is 0 Å². The third-order valence-electron chi connectivity index (χ3n) is 2.22. The number of amides is 1.